The van der Waals surface area contributed by atoms with Gasteiger partial charge >= 0.3 is 5.97 Å². The Morgan fingerprint density at radius 1 is 0.387 bits per heavy atom. The average molecular weight is 1070 g/mol. The van der Waals surface area contributed by atoms with Crippen LogP contribution in [0.25, 0.3) is 0 Å². The lowest BCUT2D eigenvalue weighted by Gasteiger charge is -2.29. The molecule has 0 spiro atoms. The molecule has 0 aliphatic carbocycles. The van der Waals surface area contributed by atoms with E-state index in [1.54, 1.807) is 27.7 Å². The minimum atomic E-state index is -1.33. The molecule has 7 amide bonds. The van der Waals surface area contributed by atoms with Crippen molar-refractivity contribution in [2.75, 3.05) is 26.2 Å². The van der Waals surface area contributed by atoms with Crippen LogP contribution in [0.4, 0.5) is 0 Å². The molecule has 0 unspecified atom stereocenters. The highest BCUT2D eigenvalue weighted by molar-refractivity contribution is 5.97. The van der Waals surface area contributed by atoms with Crippen LogP contribution < -0.4 is 81.8 Å². The molecule has 430 valence electrons. The van der Waals surface area contributed by atoms with E-state index in [1.165, 1.54) is 0 Å². The predicted molar refractivity (Wildman–Crippen MR) is 287 cm³/mol. The lowest BCUT2D eigenvalue weighted by atomic mass is 9.99. The Labute approximate surface area is 442 Å². The van der Waals surface area contributed by atoms with Crippen molar-refractivity contribution in [3.63, 3.8) is 0 Å². The van der Waals surface area contributed by atoms with E-state index in [4.69, 9.17) is 44.9 Å². The van der Waals surface area contributed by atoms with Crippen LogP contribution in [-0.2, 0) is 38.4 Å². The Hall–Kier alpha value is -6.51. The maximum absolute atomic E-state index is 14.4. The van der Waals surface area contributed by atoms with Gasteiger partial charge in [0.05, 0.1) is 6.04 Å². The summed E-state index contributed by atoms with van der Waals surface area (Å²) in [5.41, 5.74) is 28.2. The predicted octanol–water partition coefficient (Wildman–Crippen LogP) is -2.10. The Kier molecular flexibility index (Phi) is 34.0. The van der Waals surface area contributed by atoms with E-state index in [0.29, 0.717) is 32.2 Å². The van der Waals surface area contributed by atoms with Crippen LogP contribution in [0.5, 0.6) is 0 Å². The third-order valence-electron chi connectivity index (χ3n) is 11.5. The summed E-state index contributed by atoms with van der Waals surface area (Å²) >= 11 is 0. The second kappa shape index (κ2) is 37.3. The summed E-state index contributed by atoms with van der Waals surface area (Å²) in [6.45, 7) is 15.4. The average Bonchev–Trinajstić information content (AvgIpc) is 3.29. The van der Waals surface area contributed by atoms with Gasteiger partial charge in [-0.3, -0.25) is 49.8 Å². The van der Waals surface area contributed by atoms with Crippen LogP contribution in [0.3, 0.4) is 0 Å². The monoisotopic (exact) mass is 1070 g/mol. The molecule has 0 saturated heterocycles. The van der Waals surface area contributed by atoms with Gasteiger partial charge in [0, 0.05) is 19.6 Å². The number of nitrogens with two attached hydrogens (primary N) is 5. The fraction of sp³-hybridized carbons (Fsp3) is 0.771. The summed E-state index contributed by atoms with van der Waals surface area (Å²) in [5.74, 6) is -7.64. The van der Waals surface area contributed by atoms with Crippen molar-refractivity contribution in [3.8, 4) is 0 Å². The van der Waals surface area contributed by atoms with E-state index in [1.807, 2.05) is 27.7 Å². The zero-order valence-corrected chi connectivity index (χ0v) is 45.5. The van der Waals surface area contributed by atoms with E-state index < -0.39 is 95.7 Å². The first-order chi connectivity index (χ1) is 35.1. The highest BCUT2D eigenvalue weighted by Gasteiger charge is 2.35. The first-order valence-corrected chi connectivity index (χ1v) is 26.1. The van der Waals surface area contributed by atoms with Gasteiger partial charge in [-0.05, 0) is 114 Å². The number of amides is 7. The molecule has 75 heavy (non-hydrogen) atoms. The van der Waals surface area contributed by atoms with E-state index in [2.05, 4.69) is 53.2 Å². The molecule has 0 aromatic rings. The molecular formula is C48H94N18O9. The van der Waals surface area contributed by atoms with Gasteiger partial charge < -0.3 is 86.9 Å². The van der Waals surface area contributed by atoms with Crippen molar-refractivity contribution < 1.29 is 43.5 Å². The molecule has 0 saturated carbocycles. The molecule has 0 aromatic heterocycles. The van der Waals surface area contributed by atoms with Gasteiger partial charge in [-0.2, -0.15) is 0 Å². The number of guanidine groups is 3. The van der Waals surface area contributed by atoms with E-state index >= 15 is 0 Å². The summed E-state index contributed by atoms with van der Waals surface area (Å²) < 4.78 is 0. The molecule has 24 N–H and O–H groups in total. The molecule has 0 heterocycles. The topological polar surface area (TPSA) is 479 Å². The summed E-state index contributed by atoms with van der Waals surface area (Å²) in [6.07, 6.45) is 2.40. The standard InChI is InChI=1S/C48H94N18O9/c1-26(2)22-30(50)38(67)60-32(15-11-19-57-46(51)52)39(68)61-31(14-9-10-18-49)40(69)64-35(23-27(3)4)43(72)62-33(16-12-20-58-47(53)54)41(70)65-36(24-28(5)6)44(73)63-34(17-13-21-59-48(55)56)42(71)66-37(45(74)75)25-29(7)8/h26-37H,9-25,49-50H2,1-8H3,(H,60,67)(H,61,68)(H,62,72)(H,63,73)(H,64,69)(H,65,70)(H,66,71)(H,74,75)(H4,51,52,57)(H4,53,54,58)(H4,55,56,59)/t30-,31-,32-,33-,34-,35-,36-,37-/m0/s1. The van der Waals surface area contributed by atoms with Crippen molar-refractivity contribution in [1.29, 1.82) is 16.2 Å². The Morgan fingerprint density at radius 2 is 0.640 bits per heavy atom. The number of carboxylic acids is 1. The molecule has 0 rings (SSSR count). The second-order valence-corrected chi connectivity index (χ2v) is 20.6. The molecule has 0 aromatic carbocycles. The van der Waals surface area contributed by atoms with Gasteiger partial charge in [-0.1, -0.05) is 55.4 Å². The summed E-state index contributed by atoms with van der Waals surface area (Å²) in [7, 11) is 0. The number of hydrogen-bond acceptors (Lipinski definition) is 13. The largest absolute Gasteiger partial charge is 0.480 e. The molecule has 27 nitrogen and oxygen atoms in total. The lowest BCUT2D eigenvalue weighted by molar-refractivity contribution is -0.143. The van der Waals surface area contributed by atoms with Crippen LogP contribution in [0.15, 0.2) is 0 Å². The molecule has 27 heteroatoms. The summed E-state index contributed by atoms with van der Waals surface area (Å²) in [6, 6.07) is -9.63. The number of rotatable bonds is 39. The number of hydrogen-bond donors (Lipinski definition) is 19. The van der Waals surface area contributed by atoms with Crippen molar-refractivity contribution >= 4 is 65.2 Å². The smallest absolute Gasteiger partial charge is 0.326 e. The maximum Gasteiger partial charge on any atom is 0.326 e. The van der Waals surface area contributed by atoms with Gasteiger partial charge in [-0.25, -0.2) is 4.79 Å². The van der Waals surface area contributed by atoms with Crippen molar-refractivity contribution in [1.82, 2.24) is 53.2 Å². The first kappa shape index (κ1) is 68.5. The van der Waals surface area contributed by atoms with Crippen molar-refractivity contribution in [2.24, 2.45) is 52.3 Å². The van der Waals surface area contributed by atoms with Crippen LogP contribution in [0.1, 0.15) is 139 Å². The molecule has 0 bridgehead atoms. The quantitative estimate of drug-likeness (QED) is 0.0178. The van der Waals surface area contributed by atoms with E-state index in [-0.39, 0.29) is 119 Å². The lowest BCUT2D eigenvalue weighted by Crippen LogP contribution is -2.60. The van der Waals surface area contributed by atoms with Gasteiger partial charge in [-0.15, -0.1) is 0 Å². The summed E-state index contributed by atoms with van der Waals surface area (Å²) in [5, 5.41) is 59.1. The molecule has 8 atom stereocenters. The minimum Gasteiger partial charge on any atom is -0.480 e. The fourth-order valence-corrected chi connectivity index (χ4v) is 7.78. The highest BCUT2D eigenvalue weighted by Crippen LogP contribution is 2.13. The minimum absolute atomic E-state index is 0.000784. The number of carboxylic acid groups (broad SMARTS) is 1. The zero-order chi connectivity index (χ0) is 57.4. The van der Waals surface area contributed by atoms with Crippen LogP contribution in [0.2, 0.25) is 0 Å². The Bertz CT molecular complexity index is 1850. The van der Waals surface area contributed by atoms with Gasteiger partial charge in [0.1, 0.15) is 42.3 Å². The van der Waals surface area contributed by atoms with Crippen LogP contribution in [-0.4, -0.2) is 145 Å². The van der Waals surface area contributed by atoms with Gasteiger partial charge in [0.15, 0.2) is 17.9 Å². The van der Waals surface area contributed by atoms with Crippen molar-refractivity contribution in [3.05, 3.63) is 0 Å². The Morgan fingerprint density at radius 3 is 0.920 bits per heavy atom. The molecule has 0 fully saturated rings. The molecule has 0 aliphatic heterocycles. The Balaban J connectivity index is 6.90. The third kappa shape index (κ3) is 31.7. The van der Waals surface area contributed by atoms with E-state index in [9.17, 15) is 43.5 Å². The van der Waals surface area contributed by atoms with Crippen LogP contribution >= 0.6 is 0 Å². The number of aliphatic carboxylic acids is 1. The highest BCUT2D eigenvalue weighted by atomic mass is 16.4. The number of unbranched alkanes of at least 4 members (excludes halogenated alkanes) is 1. The van der Waals surface area contributed by atoms with Gasteiger partial charge in [0.25, 0.3) is 0 Å². The third-order valence-corrected chi connectivity index (χ3v) is 11.5. The van der Waals surface area contributed by atoms with Crippen LogP contribution in [0, 0.1) is 39.9 Å². The zero-order valence-electron chi connectivity index (χ0n) is 45.5. The van der Waals surface area contributed by atoms with E-state index in [0.717, 1.165) is 0 Å². The number of carbonyl (C=O) groups is 8. The molecule has 0 aliphatic rings. The number of nitrogens with one attached hydrogen (secondary N) is 13. The molecule has 0 radical (unpaired) electrons. The fourth-order valence-electron chi connectivity index (χ4n) is 7.78. The van der Waals surface area contributed by atoms with Gasteiger partial charge in [0.2, 0.25) is 41.4 Å². The number of carbonyl (C=O) groups excluding carboxylic acids is 7. The SMILES string of the molecule is CC(C)C[C@H](NC(=O)[C@H](CCCNC(=N)N)NC(=O)[C@H](CC(C)C)NC(=O)[C@H](CCCNC(=N)N)NC(=O)[C@H](CC(C)C)NC(=O)[C@H](CCCCN)NC(=O)[C@H](CCCNC(=N)N)NC(=O)[C@@H](N)CC(C)C)C(=O)O. The molecular weight excluding hydrogens is 973 g/mol. The summed E-state index contributed by atoms with van der Waals surface area (Å²) in [4.78, 5) is 110. The normalized spacial score (nSPS) is 14.4. The first-order valence-electron chi connectivity index (χ1n) is 26.1. The maximum atomic E-state index is 14.4. The second-order valence-electron chi connectivity index (χ2n) is 20.6. The van der Waals surface area contributed by atoms with Crippen molar-refractivity contribution in [2.45, 2.75) is 187 Å².